The van der Waals surface area contributed by atoms with E-state index in [4.69, 9.17) is 19.8 Å². The summed E-state index contributed by atoms with van der Waals surface area (Å²) in [7, 11) is 0. The number of rotatable bonds is 0. The van der Waals surface area contributed by atoms with E-state index in [1.807, 2.05) is 0 Å². The van der Waals surface area contributed by atoms with Crippen molar-refractivity contribution in [2.45, 2.75) is 0 Å². The van der Waals surface area contributed by atoms with Gasteiger partial charge in [0, 0.05) is 25.8 Å². The normalized spacial score (nSPS) is 5.50. The molecule has 0 rings (SSSR count). The van der Waals surface area contributed by atoms with E-state index >= 15 is 0 Å². The molecule has 41 valence electrons. The Morgan fingerprint density at radius 2 is 1.25 bits per heavy atom. The van der Waals surface area contributed by atoms with Gasteiger partial charge in [0.05, 0.1) is 0 Å². The Bertz CT molecular complexity index is 87.3. The molecule has 1 radical (unpaired) electrons. The van der Waals surface area contributed by atoms with Crippen LogP contribution in [-0.2, 0) is 35.4 Å². The molecular weight excluding hydrogens is 173 g/mol. The Labute approximate surface area is 97.0 Å². The molecule has 0 amide bonds. The Balaban J connectivity index is -0.0000000208. The SMILES string of the molecule is O=C(O)C(=O)O.[Ca+2].[H-].[H-].[Sc]. The first kappa shape index (κ1) is 16.0. The van der Waals surface area contributed by atoms with E-state index in [1.165, 1.54) is 0 Å². The predicted octanol–water partition coefficient (Wildman–Crippen LogP) is -1.00. The number of aliphatic carboxylic acids is 2. The Morgan fingerprint density at radius 3 is 1.25 bits per heavy atom. The molecule has 0 unspecified atom stereocenters. The molecular formula is C2H4CaO4Sc. The van der Waals surface area contributed by atoms with Crippen molar-refractivity contribution >= 4 is 49.7 Å². The summed E-state index contributed by atoms with van der Waals surface area (Å²) in [5, 5.41) is 14.8. The van der Waals surface area contributed by atoms with E-state index in [0.29, 0.717) is 0 Å². The van der Waals surface area contributed by atoms with Gasteiger partial charge in [0.15, 0.2) is 0 Å². The van der Waals surface area contributed by atoms with Crippen LogP contribution < -0.4 is 0 Å². The van der Waals surface area contributed by atoms with Crippen molar-refractivity contribution in [1.82, 2.24) is 0 Å². The molecule has 0 heterocycles. The topological polar surface area (TPSA) is 74.6 Å². The molecule has 0 aromatic rings. The molecule has 0 aliphatic rings. The molecule has 0 aliphatic carbocycles. The minimum atomic E-state index is -1.82. The Morgan fingerprint density at radius 1 is 1.12 bits per heavy atom. The van der Waals surface area contributed by atoms with E-state index in [2.05, 4.69) is 0 Å². The number of carboxylic acid groups (broad SMARTS) is 2. The first-order chi connectivity index (χ1) is 2.64. The van der Waals surface area contributed by atoms with Gasteiger partial charge in [-0.15, -0.1) is 0 Å². The van der Waals surface area contributed by atoms with Crippen molar-refractivity contribution in [2.24, 2.45) is 0 Å². The molecule has 2 N–H and O–H groups in total. The van der Waals surface area contributed by atoms with E-state index in [0.717, 1.165) is 0 Å². The van der Waals surface area contributed by atoms with Gasteiger partial charge in [0.25, 0.3) is 0 Å². The standard InChI is InChI=1S/C2H2O4.Ca.Sc.2H/c3-1(4)2(5)6;;;;/h(H,3,4)(H,5,6);;;;/q;+2;;2*-1. The minimum Gasteiger partial charge on any atom is -1.00 e. The summed E-state index contributed by atoms with van der Waals surface area (Å²) >= 11 is 0. The fourth-order valence-corrected chi connectivity index (χ4v) is 0. The Kier molecular flexibility index (Phi) is 16.2. The number of hydrogen-bond donors (Lipinski definition) is 2. The molecule has 0 aromatic carbocycles. The Hall–Kier alpha value is 1.07. The average molecular weight is 177 g/mol. The summed E-state index contributed by atoms with van der Waals surface area (Å²) in [4.78, 5) is 18.2. The molecule has 0 saturated heterocycles. The predicted molar refractivity (Wildman–Crippen MR) is 23.2 cm³/mol. The van der Waals surface area contributed by atoms with E-state index in [-0.39, 0.29) is 66.4 Å². The second-order valence-electron chi connectivity index (χ2n) is 0.610. The first-order valence-electron chi connectivity index (χ1n) is 1.11. The van der Waals surface area contributed by atoms with Gasteiger partial charge in [-0.2, -0.15) is 0 Å². The fourth-order valence-electron chi connectivity index (χ4n) is 0. The van der Waals surface area contributed by atoms with Gasteiger partial charge in [-0.1, -0.05) is 0 Å². The van der Waals surface area contributed by atoms with Crippen LogP contribution >= 0.6 is 0 Å². The second kappa shape index (κ2) is 8.07. The van der Waals surface area contributed by atoms with Crippen molar-refractivity contribution < 1.29 is 48.5 Å². The summed E-state index contributed by atoms with van der Waals surface area (Å²) in [5.74, 6) is -3.65. The van der Waals surface area contributed by atoms with Crippen molar-refractivity contribution in [1.29, 1.82) is 0 Å². The van der Waals surface area contributed by atoms with Crippen LogP contribution in [-0.4, -0.2) is 59.9 Å². The molecule has 0 aliphatic heterocycles. The summed E-state index contributed by atoms with van der Waals surface area (Å²) in [6.45, 7) is 0. The van der Waals surface area contributed by atoms with Gasteiger partial charge in [0.1, 0.15) is 0 Å². The molecule has 0 bridgehead atoms. The number of carboxylic acids is 2. The maximum atomic E-state index is 9.10. The summed E-state index contributed by atoms with van der Waals surface area (Å²) in [6.07, 6.45) is 0. The van der Waals surface area contributed by atoms with E-state index < -0.39 is 11.9 Å². The molecule has 0 aromatic heterocycles. The van der Waals surface area contributed by atoms with Crippen LogP contribution in [0.25, 0.3) is 0 Å². The van der Waals surface area contributed by atoms with Crippen LogP contribution in [0.5, 0.6) is 0 Å². The van der Waals surface area contributed by atoms with Crippen molar-refractivity contribution in [3.63, 3.8) is 0 Å². The number of carbonyl (C=O) groups is 2. The van der Waals surface area contributed by atoms with Crippen molar-refractivity contribution in [2.75, 3.05) is 0 Å². The molecule has 8 heavy (non-hydrogen) atoms. The summed E-state index contributed by atoms with van der Waals surface area (Å²) < 4.78 is 0. The van der Waals surface area contributed by atoms with Gasteiger partial charge in [-0.05, 0) is 0 Å². The van der Waals surface area contributed by atoms with Gasteiger partial charge < -0.3 is 13.1 Å². The molecule has 0 saturated carbocycles. The largest absolute Gasteiger partial charge is 2.00 e. The second-order valence-corrected chi connectivity index (χ2v) is 0.610. The summed E-state index contributed by atoms with van der Waals surface area (Å²) in [5.41, 5.74) is 0. The zero-order chi connectivity index (χ0) is 5.15. The number of hydrogen-bond acceptors (Lipinski definition) is 2. The maximum absolute atomic E-state index is 9.10. The average Bonchev–Trinajstić information content (AvgIpc) is 1.36. The smallest absolute Gasteiger partial charge is 1.00 e. The third-order valence-electron chi connectivity index (χ3n) is 0.183. The van der Waals surface area contributed by atoms with Gasteiger partial charge in [-0.3, -0.25) is 0 Å². The zero-order valence-corrected chi connectivity index (χ0v) is 8.01. The van der Waals surface area contributed by atoms with Crippen molar-refractivity contribution in [3.05, 3.63) is 0 Å². The summed E-state index contributed by atoms with van der Waals surface area (Å²) in [6, 6.07) is 0. The fraction of sp³-hybridized carbons (Fsp3) is 0. The molecule has 0 fully saturated rings. The quantitative estimate of drug-likeness (QED) is 0.367. The van der Waals surface area contributed by atoms with Crippen LogP contribution in [0.15, 0.2) is 0 Å². The van der Waals surface area contributed by atoms with Crippen LogP contribution in [0.3, 0.4) is 0 Å². The first-order valence-corrected chi connectivity index (χ1v) is 1.11. The minimum absolute atomic E-state index is 0. The maximum Gasteiger partial charge on any atom is 2.00 e. The molecule has 4 nitrogen and oxygen atoms in total. The van der Waals surface area contributed by atoms with Crippen LogP contribution in [0.2, 0.25) is 0 Å². The van der Waals surface area contributed by atoms with E-state index in [1.54, 1.807) is 0 Å². The van der Waals surface area contributed by atoms with Crippen molar-refractivity contribution in [3.8, 4) is 0 Å². The molecule has 0 spiro atoms. The molecule has 0 atom stereocenters. The van der Waals surface area contributed by atoms with Crippen LogP contribution in [0.1, 0.15) is 2.85 Å². The van der Waals surface area contributed by atoms with E-state index in [9.17, 15) is 0 Å². The van der Waals surface area contributed by atoms with Gasteiger partial charge >= 0.3 is 49.7 Å². The van der Waals surface area contributed by atoms with Gasteiger partial charge in [-0.25, -0.2) is 9.59 Å². The zero-order valence-electron chi connectivity index (χ0n) is 6.00. The van der Waals surface area contributed by atoms with Gasteiger partial charge in [0.2, 0.25) is 0 Å². The third-order valence-corrected chi connectivity index (χ3v) is 0.183. The van der Waals surface area contributed by atoms with Crippen LogP contribution in [0.4, 0.5) is 0 Å². The van der Waals surface area contributed by atoms with Crippen LogP contribution in [0, 0.1) is 0 Å². The monoisotopic (exact) mass is 177 g/mol. The molecule has 6 heteroatoms. The third kappa shape index (κ3) is 10.1.